The Morgan fingerprint density at radius 3 is 2.61 bits per heavy atom. The topological polar surface area (TPSA) is 137 Å². The maximum Gasteiger partial charge on any atom is 0.329 e. The SMILES string of the molecule is COc1cc(/C=N\NC(=O)C(=O)NCc2ccc3c(c2)OCO3)ccc1OCC(=O)Nc1ccccc1C. The van der Waals surface area contributed by atoms with Crippen molar-refractivity contribution in [2.45, 2.75) is 13.5 Å². The second-order valence-electron chi connectivity index (χ2n) is 8.13. The molecule has 0 fully saturated rings. The van der Waals surface area contributed by atoms with E-state index in [1.165, 1.54) is 13.3 Å². The Labute approximate surface area is 218 Å². The zero-order valence-corrected chi connectivity index (χ0v) is 20.8. The number of methoxy groups -OCH3 is 1. The molecule has 1 heterocycles. The van der Waals surface area contributed by atoms with Crippen molar-refractivity contribution in [3.63, 3.8) is 0 Å². The van der Waals surface area contributed by atoms with E-state index in [1.807, 2.05) is 31.2 Å². The molecule has 1 aliphatic heterocycles. The van der Waals surface area contributed by atoms with Gasteiger partial charge in [-0.05, 0) is 60.0 Å². The van der Waals surface area contributed by atoms with E-state index >= 15 is 0 Å². The molecule has 4 rings (SSSR count). The maximum absolute atomic E-state index is 12.3. The van der Waals surface area contributed by atoms with E-state index in [2.05, 4.69) is 21.2 Å². The van der Waals surface area contributed by atoms with Gasteiger partial charge in [0.05, 0.1) is 13.3 Å². The highest BCUT2D eigenvalue weighted by Gasteiger charge is 2.16. The summed E-state index contributed by atoms with van der Waals surface area (Å²) in [5.41, 5.74) is 5.15. The lowest BCUT2D eigenvalue weighted by atomic mass is 10.2. The van der Waals surface area contributed by atoms with E-state index in [0.717, 1.165) is 11.1 Å². The molecule has 1 aliphatic rings. The molecule has 38 heavy (non-hydrogen) atoms. The van der Waals surface area contributed by atoms with Gasteiger partial charge in [0.2, 0.25) is 6.79 Å². The number of fused-ring (bicyclic) bond motifs is 1. The molecule has 0 aliphatic carbocycles. The Morgan fingerprint density at radius 1 is 0.974 bits per heavy atom. The van der Waals surface area contributed by atoms with Crippen LogP contribution in [0.15, 0.2) is 65.8 Å². The van der Waals surface area contributed by atoms with E-state index in [-0.39, 0.29) is 25.9 Å². The normalized spacial score (nSPS) is 11.6. The van der Waals surface area contributed by atoms with Crippen molar-refractivity contribution in [1.29, 1.82) is 0 Å². The molecule has 3 amide bonds. The van der Waals surface area contributed by atoms with Gasteiger partial charge in [-0.15, -0.1) is 0 Å². The molecule has 0 spiro atoms. The average Bonchev–Trinajstić information content (AvgIpc) is 3.40. The highest BCUT2D eigenvalue weighted by atomic mass is 16.7. The van der Waals surface area contributed by atoms with Crippen molar-refractivity contribution < 1.29 is 33.3 Å². The Balaban J connectivity index is 1.25. The number of hydrogen-bond donors (Lipinski definition) is 3. The summed E-state index contributed by atoms with van der Waals surface area (Å²) < 4.78 is 21.5. The van der Waals surface area contributed by atoms with Crippen LogP contribution in [-0.2, 0) is 20.9 Å². The van der Waals surface area contributed by atoms with E-state index in [1.54, 1.807) is 36.4 Å². The first-order valence-electron chi connectivity index (χ1n) is 11.6. The number of anilines is 1. The fourth-order valence-electron chi connectivity index (χ4n) is 3.46. The van der Waals surface area contributed by atoms with E-state index in [4.69, 9.17) is 18.9 Å². The summed E-state index contributed by atoms with van der Waals surface area (Å²) in [6.45, 7) is 1.97. The number of nitrogens with zero attached hydrogens (tertiary/aromatic N) is 1. The maximum atomic E-state index is 12.3. The zero-order chi connectivity index (χ0) is 26.9. The van der Waals surface area contributed by atoms with Crippen molar-refractivity contribution >= 4 is 29.6 Å². The molecule has 3 N–H and O–H groups in total. The number of benzene rings is 3. The summed E-state index contributed by atoms with van der Waals surface area (Å²) in [6, 6.07) is 17.6. The molecule has 0 radical (unpaired) electrons. The third-order valence-electron chi connectivity index (χ3n) is 5.44. The predicted molar refractivity (Wildman–Crippen MR) is 138 cm³/mol. The van der Waals surface area contributed by atoms with Crippen LogP contribution in [0.1, 0.15) is 16.7 Å². The molecule has 3 aromatic rings. The molecule has 0 unspecified atom stereocenters. The number of hydrazone groups is 1. The van der Waals surface area contributed by atoms with Gasteiger partial charge >= 0.3 is 11.8 Å². The van der Waals surface area contributed by atoms with Gasteiger partial charge in [-0.25, -0.2) is 5.43 Å². The first-order valence-corrected chi connectivity index (χ1v) is 11.6. The van der Waals surface area contributed by atoms with Crippen LogP contribution >= 0.6 is 0 Å². The highest BCUT2D eigenvalue weighted by Crippen LogP contribution is 2.32. The predicted octanol–water partition coefficient (Wildman–Crippen LogP) is 2.52. The number of hydrogen-bond acceptors (Lipinski definition) is 8. The number of amides is 3. The lowest BCUT2D eigenvalue weighted by Gasteiger charge is -2.12. The van der Waals surface area contributed by atoms with Crippen molar-refractivity contribution in [2.75, 3.05) is 25.8 Å². The minimum Gasteiger partial charge on any atom is -0.493 e. The van der Waals surface area contributed by atoms with Gasteiger partial charge in [0.15, 0.2) is 29.6 Å². The molecular weight excluding hydrogens is 492 g/mol. The highest BCUT2D eigenvalue weighted by molar-refractivity contribution is 6.35. The lowest BCUT2D eigenvalue weighted by molar-refractivity contribution is -0.139. The molecule has 0 saturated carbocycles. The van der Waals surface area contributed by atoms with E-state index in [0.29, 0.717) is 34.2 Å². The molecule has 11 nitrogen and oxygen atoms in total. The summed E-state index contributed by atoms with van der Waals surface area (Å²) in [4.78, 5) is 36.4. The first-order chi connectivity index (χ1) is 18.4. The molecule has 3 aromatic carbocycles. The smallest absolute Gasteiger partial charge is 0.329 e. The van der Waals surface area contributed by atoms with Gasteiger partial charge in [0.25, 0.3) is 5.91 Å². The van der Waals surface area contributed by atoms with Gasteiger partial charge in [-0.3, -0.25) is 14.4 Å². The average molecular weight is 519 g/mol. The van der Waals surface area contributed by atoms with Crippen molar-refractivity contribution in [2.24, 2.45) is 5.10 Å². The molecule has 196 valence electrons. The van der Waals surface area contributed by atoms with Crippen LogP contribution in [-0.4, -0.2) is 44.4 Å². The number of carbonyl (C=O) groups is 3. The minimum absolute atomic E-state index is 0.133. The summed E-state index contributed by atoms with van der Waals surface area (Å²) in [5, 5.41) is 9.13. The van der Waals surface area contributed by atoms with Crippen molar-refractivity contribution in [3.8, 4) is 23.0 Å². The van der Waals surface area contributed by atoms with Crippen LogP contribution in [0.4, 0.5) is 5.69 Å². The van der Waals surface area contributed by atoms with E-state index < -0.39 is 11.8 Å². The van der Waals surface area contributed by atoms with Crippen LogP contribution in [0.5, 0.6) is 23.0 Å². The van der Waals surface area contributed by atoms with Crippen LogP contribution < -0.4 is 35.0 Å². The number of nitrogens with one attached hydrogen (secondary N) is 3. The molecular formula is C27H26N4O7. The Kier molecular flexibility index (Phi) is 8.39. The summed E-state index contributed by atoms with van der Waals surface area (Å²) in [7, 11) is 1.46. The van der Waals surface area contributed by atoms with Gasteiger partial charge in [0.1, 0.15) is 0 Å². The number of para-hydroxylation sites is 1. The monoisotopic (exact) mass is 518 g/mol. The summed E-state index contributed by atoms with van der Waals surface area (Å²) >= 11 is 0. The minimum atomic E-state index is -0.923. The Morgan fingerprint density at radius 2 is 1.79 bits per heavy atom. The van der Waals surface area contributed by atoms with Crippen molar-refractivity contribution in [1.82, 2.24) is 10.7 Å². The summed E-state index contributed by atoms with van der Waals surface area (Å²) in [6.07, 6.45) is 1.35. The fourth-order valence-corrected chi connectivity index (χ4v) is 3.46. The Bertz CT molecular complexity index is 1370. The van der Waals surface area contributed by atoms with Gasteiger partial charge in [-0.2, -0.15) is 5.10 Å². The van der Waals surface area contributed by atoms with Crippen LogP contribution in [0, 0.1) is 6.92 Å². The largest absolute Gasteiger partial charge is 0.493 e. The number of carbonyl (C=O) groups excluding carboxylic acids is 3. The number of ether oxygens (including phenoxy) is 4. The number of aryl methyl sites for hydroxylation is 1. The molecule has 0 saturated heterocycles. The van der Waals surface area contributed by atoms with E-state index in [9.17, 15) is 14.4 Å². The second kappa shape index (κ2) is 12.3. The molecule has 0 bridgehead atoms. The molecule has 0 atom stereocenters. The van der Waals surface area contributed by atoms with Gasteiger partial charge in [0, 0.05) is 12.2 Å². The van der Waals surface area contributed by atoms with Gasteiger partial charge in [-0.1, -0.05) is 24.3 Å². The second-order valence-corrected chi connectivity index (χ2v) is 8.13. The fraction of sp³-hybridized carbons (Fsp3) is 0.185. The Hall–Kier alpha value is -5.06. The quantitative estimate of drug-likeness (QED) is 0.225. The lowest BCUT2D eigenvalue weighted by Crippen LogP contribution is -2.37. The zero-order valence-electron chi connectivity index (χ0n) is 20.8. The van der Waals surface area contributed by atoms with Crippen LogP contribution in [0.3, 0.4) is 0 Å². The standard InChI is InChI=1S/C27H26N4O7/c1-17-5-3-4-6-20(17)30-25(32)15-36-21-9-8-19(11-23(21)35-2)14-29-31-27(34)26(33)28-13-18-7-10-22-24(12-18)38-16-37-22/h3-12,14H,13,15-16H2,1-2H3,(H,28,33)(H,30,32)(H,31,34)/b29-14-. The molecule has 11 heteroatoms. The van der Waals surface area contributed by atoms with Gasteiger partial charge < -0.3 is 29.6 Å². The third-order valence-corrected chi connectivity index (χ3v) is 5.44. The van der Waals surface area contributed by atoms with Crippen molar-refractivity contribution in [3.05, 3.63) is 77.4 Å². The summed E-state index contributed by atoms with van der Waals surface area (Å²) in [5.74, 6) is -0.137. The van der Waals surface area contributed by atoms with Crippen LogP contribution in [0.25, 0.3) is 0 Å². The first kappa shape index (κ1) is 26.0. The molecule has 0 aromatic heterocycles. The van der Waals surface area contributed by atoms with Crippen LogP contribution in [0.2, 0.25) is 0 Å². The number of rotatable bonds is 9. The third kappa shape index (κ3) is 6.78.